The summed E-state index contributed by atoms with van der Waals surface area (Å²) in [5, 5.41) is 10.3. The highest BCUT2D eigenvalue weighted by Gasteiger charge is 2.36. The number of methoxy groups -OCH3 is 1. The van der Waals surface area contributed by atoms with Crippen molar-refractivity contribution in [2.45, 2.75) is 0 Å². The second kappa shape index (κ2) is 6.80. The molecule has 0 unspecified atom stereocenters. The summed E-state index contributed by atoms with van der Waals surface area (Å²) in [6.07, 6.45) is 1.28. The second-order valence-electron chi connectivity index (χ2n) is 4.31. The van der Waals surface area contributed by atoms with E-state index in [4.69, 9.17) is 11.6 Å². The molecule has 1 aromatic carbocycles. The van der Waals surface area contributed by atoms with Crippen molar-refractivity contribution in [1.82, 2.24) is 4.90 Å². The van der Waals surface area contributed by atoms with Gasteiger partial charge in [0.2, 0.25) is 0 Å². The first-order chi connectivity index (χ1) is 10.8. The van der Waals surface area contributed by atoms with Crippen LogP contribution in [0, 0.1) is 10.1 Å². The Balaban J connectivity index is 2.32. The number of halogens is 1. The zero-order valence-corrected chi connectivity index (χ0v) is 13.2. The van der Waals surface area contributed by atoms with Gasteiger partial charge in [0.25, 0.3) is 16.8 Å². The van der Waals surface area contributed by atoms with Crippen LogP contribution in [0.1, 0.15) is 5.56 Å². The third kappa shape index (κ3) is 3.69. The van der Waals surface area contributed by atoms with Crippen molar-refractivity contribution in [1.29, 1.82) is 0 Å². The Morgan fingerprint density at radius 3 is 2.78 bits per heavy atom. The minimum Gasteiger partial charge on any atom is -0.468 e. The van der Waals surface area contributed by atoms with E-state index in [1.54, 1.807) is 0 Å². The standard InChI is InChI=1S/C13H9ClN2O6S/c1-22-11(17)6-15-12(18)10(23-13(15)19)5-7-4-8(16(20)21)2-3-9(7)14/h2-5H,6H2,1H3. The topological polar surface area (TPSA) is 107 Å². The first-order valence-electron chi connectivity index (χ1n) is 6.09. The molecule has 0 saturated carbocycles. The number of non-ortho nitro benzene ring substituents is 1. The van der Waals surface area contributed by atoms with Gasteiger partial charge in [-0.2, -0.15) is 0 Å². The van der Waals surface area contributed by atoms with Crippen LogP contribution in [0.3, 0.4) is 0 Å². The lowest BCUT2D eigenvalue weighted by Crippen LogP contribution is -2.34. The summed E-state index contributed by atoms with van der Waals surface area (Å²) in [6, 6.07) is 3.74. The third-order valence-electron chi connectivity index (χ3n) is 2.87. The van der Waals surface area contributed by atoms with E-state index in [0.29, 0.717) is 11.8 Å². The molecule has 10 heteroatoms. The number of benzene rings is 1. The molecule has 2 rings (SSSR count). The Bertz CT molecular complexity index is 748. The SMILES string of the molecule is COC(=O)CN1C(=O)SC(=Cc2cc([N+](=O)[O-])ccc2Cl)C1=O. The molecular formula is C13H9ClN2O6S. The van der Waals surface area contributed by atoms with Gasteiger partial charge in [0, 0.05) is 22.7 Å². The molecule has 1 heterocycles. The van der Waals surface area contributed by atoms with E-state index in [1.165, 1.54) is 24.3 Å². The minimum absolute atomic E-state index is 0.0151. The van der Waals surface area contributed by atoms with E-state index < -0.39 is 28.6 Å². The van der Waals surface area contributed by atoms with Crippen LogP contribution in [0.25, 0.3) is 6.08 Å². The molecular weight excluding hydrogens is 348 g/mol. The first-order valence-corrected chi connectivity index (χ1v) is 7.29. The molecule has 0 radical (unpaired) electrons. The van der Waals surface area contributed by atoms with Crippen molar-refractivity contribution in [3.63, 3.8) is 0 Å². The molecule has 1 aromatic rings. The van der Waals surface area contributed by atoms with Crippen molar-refractivity contribution < 1.29 is 24.0 Å². The van der Waals surface area contributed by atoms with Crippen LogP contribution < -0.4 is 0 Å². The number of nitrogens with zero attached hydrogens (tertiary/aromatic N) is 2. The summed E-state index contributed by atoms with van der Waals surface area (Å²) in [4.78, 5) is 46.0. The average molecular weight is 357 g/mol. The molecule has 1 saturated heterocycles. The second-order valence-corrected chi connectivity index (χ2v) is 5.71. The number of carbonyl (C=O) groups excluding carboxylic acids is 3. The average Bonchev–Trinajstić information content (AvgIpc) is 2.76. The van der Waals surface area contributed by atoms with E-state index >= 15 is 0 Å². The number of esters is 1. The lowest BCUT2D eigenvalue weighted by molar-refractivity contribution is -0.384. The maximum Gasteiger partial charge on any atom is 0.325 e. The number of hydrogen-bond donors (Lipinski definition) is 0. The largest absolute Gasteiger partial charge is 0.468 e. The Kier molecular flexibility index (Phi) is 5.02. The van der Waals surface area contributed by atoms with Crippen LogP contribution >= 0.6 is 23.4 Å². The lowest BCUT2D eigenvalue weighted by atomic mass is 10.2. The van der Waals surface area contributed by atoms with Gasteiger partial charge in [0.05, 0.1) is 16.9 Å². The summed E-state index contributed by atoms with van der Waals surface area (Å²) in [6.45, 7) is -0.499. The molecule has 0 N–H and O–H groups in total. The van der Waals surface area contributed by atoms with Gasteiger partial charge < -0.3 is 4.74 Å². The van der Waals surface area contributed by atoms with E-state index in [1.807, 2.05) is 0 Å². The predicted molar refractivity (Wildman–Crippen MR) is 82.8 cm³/mol. The maximum absolute atomic E-state index is 12.1. The molecule has 2 amide bonds. The fourth-order valence-corrected chi connectivity index (χ4v) is 2.73. The van der Waals surface area contributed by atoms with Gasteiger partial charge in [0.1, 0.15) is 6.54 Å². The zero-order chi connectivity index (χ0) is 17.1. The third-order valence-corrected chi connectivity index (χ3v) is 4.12. The number of nitro groups is 1. The predicted octanol–water partition coefficient (Wildman–Crippen LogP) is 2.46. The quantitative estimate of drug-likeness (QED) is 0.353. The van der Waals surface area contributed by atoms with Crippen molar-refractivity contribution in [2.24, 2.45) is 0 Å². The van der Waals surface area contributed by atoms with Crippen LogP contribution in [-0.2, 0) is 14.3 Å². The molecule has 0 aliphatic carbocycles. The molecule has 120 valence electrons. The summed E-state index contributed by atoms with van der Waals surface area (Å²) in [5.41, 5.74) is 0.0267. The molecule has 1 aliphatic heterocycles. The zero-order valence-electron chi connectivity index (χ0n) is 11.6. The molecule has 1 aliphatic rings. The van der Waals surface area contributed by atoms with Crippen molar-refractivity contribution >= 4 is 52.2 Å². The van der Waals surface area contributed by atoms with E-state index in [2.05, 4.69) is 4.74 Å². The lowest BCUT2D eigenvalue weighted by Gasteiger charge is -2.09. The van der Waals surface area contributed by atoms with Gasteiger partial charge in [-0.15, -0.1) is 0 Å². The fourth-order valence-electron chi connectivity index (χ4n) is 1.73. The molecule has 0 spiro atoms. The molecule has 8 nitrogen and oxygen atoms in total. The Morgan fingerprint density at radius 2 is 2.17 bits per heavy atom. The number of thioether (sulfide) groups is 1. The molecule has 0 bridgehead atoms. The van der Waals surface area contributed by atoms with E-state index in [-0.39, 0.29) is 21.2 Å². The van der Waals surface area contributed by atoms with Crippen LogP contribution in [-0.4, -0.2) is 40.6 Å². The van der Waals surface area contributed by atoms with Crippen LogP contribution in [0.5, 0.6) is 0 Å². The number of amides is 2. The molecule has 1 fully saturated rings. The van der Waals surface area contributed by atoms with Crippen LogP contribution in [0.4, 0.5) is 10.5 Å². The number of carbonyl (C=O) groups is 3. The van der Waals surface area contributed by atoms with E-state index in [0.717, 1.165) is 12.0 Å². The normalized spacial score (nSPS) is 16.1. The maximum atomic E-state index is 12.1. The Hall–Kier alpha value is -2.39. The van der Waals surface area contributed by atoms with Crippen LogP contribution in [0.2, 0.25) is 5.02 Å². The van der Waals surface area contributed by atoms with Crippen molar-refractivity contribution in [3.05, 3.63) is 43.8 Å². The summed E-state index contributed by atoms with van der Waals surface area (Å²) >= 11 is 6.56. The summed E-state index contributed by atoms with van der Waals surface area (Å²) in [5.74, 6) is -1.42. The van der Waals surface area contributed by atoms with Gasteiger partial charge >= 0.3 is 5.97 Å². The molecule has 0 aromatic heterocycles. The van der Waals surface area contributed by atoms with Gasteiger partial charge in [0.15, 0.2) is 0 Å². The van der Waals surface area contributed by atoms with Crippen LogP contribution in [0.15, 0.2) is 23.1 Å². The van der Waals surface area contributed by atoms with Crippen molar-refractivity contribution in [3.8, 4) is 0 Å². The number of ether oxygens (including phenoxy) is 1. The minimum atomic E-state index is -0.734. The smallest absolute Gasteiger partial charge is 0.325 e. The Labute approximate surface area is 139 Å². The number of hydrogen-bond acceptors (Lipinski definition) is 7. The summed E-state index contributed by atoms with van der Waals surface area (Å²) < 4.78 is 4.41. The number of imide groups is 1. The Morgan fingerprint density at radius 1 is 1.48 bits per heavy atom. The highest BCUT2D eigenvalue weighted by molar-refractivity contribution is 8.18. The van der Waals surface area contributed by atoms with Gasteiger partial charge in [-0.3, -0.25) is 29.4 Å². The summed E-state index contributed by atoms with van der Waals surface area (Å²) in [7, 11) is 1.14. The molecule has 0 atom stereocenters. The van der Waals surface area contributed by atoms with E-state index in [9.17, 15) is 24.5 Å². The highest BCUT2D eigenvalue weighted by atomic mass is 35.5. The first kappa shape index (κ1) is 17.0. The van der Waals surface area contributed by atoms with Gasteiger partial charge in [-0.1, -0.05) is 11.6 Å². The number of rotatable bonds is 4. The highest BCUT2D eigenvalue weighted by Crippen LogP contribution is 2.34. The van der Waals surface area contributed by atoms with Gasteiger partial charge in [-0.05, 0) is 23.9 Å². The fraction of sp³-hybridized carbons (Fsp3) is 0.154. The van der Waals surface area contributed by atoms with Gasteiger partial charge in [-0.25, -0.2) is 0 Å². The monoisotopic (exact) mass is 356 g/mol. The molecule has 23 heavy (non-hydrogen) atoms. The van der Waals surface area contributed by atoms with Crippen molar-refractivity contribution in [2.75, 3.05) is 13.7 Å². The number of nitro benzene ring substituents is 1.